The first-order valence-electron chi connectivity index (χ1n) is 7.43. The number of rotatable bonds is 4. The van der Waals surface area contributed by atoms with Crippen LogP contribution in [0.2, 0.25) is 0 Å². The first-order chi connectivity index (χ1) is 11.5. The largest absolute Gasteiger partial charge is 0.508 e. The van der Waals surface area contributed by atoms with Crippen LogP contribution in [-0.2, 0) is 4.74 Å². The average molecular weight is 324 g/mol. The molecule has 6 nitrogen and oxygen atoms in total. The lowest BCUT2D eigenvalue weighted by atomic mass is 10.1. The lowest BCUT2D eigenvalue weighted by Crippen LogP contribution is -2.09. The van der Waals surface area contributed by atoms with Crippen molar-refractivity contribution in [1.82, 2.24) is 10.2 Å². The Hall–Kier alpha value is -3.15. The Morgan fingerprint density at radius 1 is 1.08 bits per heavy atom. The highest BCUT2D eigenvalue weighted by Gasteiger charge is 2.20. The van der Waals surface area contributed by atoms with Crippen LogP contribution in [0.1, 0.15) is 34.8 Å². The first kappa shape index (κ1) is 15.7. The fraction of sp³-hybridized carbons (Fsp3) is 0.167. The molecule has 122 valence electrons. The molecule has 0 aliphatic rings. The number of carbonyl (C=O) groups excluding carboxylic acids is 1. The molecule has 0 saturated heterocycles. The van der Waals surface area contributed by atoms with E-state index in [9.17, 15) is 9.90 Å². The quantitative estimate of drug-likeness (QED) is 0.737. The smallest absolute Gasteiger partial charge is 0.338 e. The highest BCUT2D eigenvalue weighted by molar-refractivity contribution is 5.89. The molecular formula is C18H16N2O4. The van der Waals surface area contributed by atoms with E-state index < -0.39 is 12.1 Å². The van der Waals surface area contributed by atoms with Gasteiger partial charge in [0.05, 0.1) is 5.56 Å². The molecule has 1 heterocycles. The number of phenolic OH excluding ortho intramolecular Hbond substituents is 1. The molecule has 0 saturated carbocycles. The third-order valence-electron chi connectivity index (χ3n) is 3.47. The number of aryl methyl sites for hydroxylation is 1. The SMILES string of the molecule is Cc1ccc(-c2nnc([C@H](C)OC(=O)c3ccc(O)cc3)o2)cc1. The fourth-order valence-corrected chi connectivity index (χ4v) is 2.09. The molecule has 0 unspecified atom stereocenters. The van der Waals surface area contributed by atoms with E-state index >= 15 is 0 Å². The zero-order chi connectivity index (χ0) is 17.1. The van der Waals surface area contributed by atoms with Crippen LogP contribution in [0.15, 0.2) is 52.9 Å². The number of esters is 1. The van der Waals surface area contributed by atoms with Crippen LogP contribution in [0.5, 0.6) is 5.75 Å². The summed E-state index contributed by atoms with van der Waals surface area (Å²) in [5.74, 6) is 0.145. The van der Waals surface area contributed by atoms with Gasteiger partial charge in [-0.05, 0) is 50.2 Å². The Morgan fingerprint density at radius 3 is 2.42 bits per heavy atom. The molecule has 0 aliphatic heterocycles. The Morgan fingerprint density at radius 2 is 1.75 bits per heavy atom. The minimum atomic E-state index is -0.682. The van der Waals surface area contributed by atoms with Gasteiger partial charge in [0.25, 0.3) is 5.89 Å². The van der Waals surface area contributed by atoms with Crippen molar-refractivity contribution >= 4 is 5.97 Å². The van der Waals surface area contributed by atoms with E-state index in [2.05, 4.69) is 10.2 Å². The number of hydrogen-bond acceptors (Lipinski definition) is 6. The number of nitrogens with zero attached hydrogens (tertiary/aromatic N) is 2. The summed E-state index contributed by atoms with van der Waals surface area (Å²) in [4.78, 5) is 12.1. The van der Waals surface area contributed by atoms with E-state index in [0.717, 1.165) is 11.1 Å². The molecule has 3 rings (SSSR count). The lowest BCUT2D eigenvalue weighted by Gasteiger charge is -2.09. The Balaban J connectivity index is 1.71. The predicted octanol–water partition coefficient (Wildman–Crippen LogP) is 3.67. The van der Waals surface area contributed by atoms with E-state index in [1.54, 1.807) is 6.92 Å². The molecular weight excluding hydrogens is 308 g/mol. The van der Waals surface area contributed by atoms with Gasteiger partial charge in [-0.15, -0.1) is 10.2 Å². The van der Waals surface area contributed by atoms with Gasteiger partial charge in [0.2, 0.25) is 5.89 Å². The van der Waals surface area contributed by atoms with Crippen LogP contribution in [0.3, 0.4) is 0 Å². The number of benzene rings is 2. The molecule has 0 aliphatic carbocycles. The molecule has 6 heteroatoms. The fourth-order valence-electron chi connectivity index (χ4n) is 2.09. The third-order valence-corrected chi connectivity index (χ3v) is 3.47. The van der Waals surface area contributed by atoms with Gasteiger partial charge in [-0.3, -0.25) is 0 Å². The highest BCUT2D eigenvalue weighted by Crippen LogP contribution is 2.23. The van der Waals surface area contributed by atoms with Crippen LogP contribution in [0.4, 0.5) is 0 Å². The van der Waals surface area contributed by atoms with Crippen molar-refractivity contribution in [1.29, 1.82) is 0 Å². The van der Waals surface area contributed by atoms with Crippen LogP contribution < -0.4 is 0 Å². The monoisotopic (exact) mass is 324 g/mol. The summed E-state index contributed by atoms with van der Waals surface area (Å²) in [7, 11) is 0. The zero-order valence-corrected chi connectivity index (χ0v) is 13.3. The third kappa shape index (κ3) is 3.43. The number of carbonyl (C=O) groups is 1. The van der Waals surface area contributed by atoms with E-state index in [1.165, 1.54) is 24.3 Å². The second kappa shape index (κ2) is 6.54. The first-order valence-corrected chi connectivity index (χ1v) is 7.43. The van der Waals surface area contributed by atoms with Gasteiger partial charge in [0, 0.05) is 5.56 Å². The van der Waals surface area contributed by atoms with Gasteiger partial charge < -0.3 is 14.3 Å². The van der Waals surface area contributed by atoms with E-state index in [4.69, 9.17) is 9.15 Å². The van der Waals surface area contributed by atoms with E-state index in [-0.39, 0.29) is 11.6 Å². The van der Waals surface area contributed by atoms with Crippen molar-refractivity contribution in [2.45, 2.75) is 20.0 Å². The van der Waals surface area contributed by atoms with Crippen molar-refractivity contribution in [3.05, 3.63) is 65.5 Å². The van der Waals surface area contributed by atoms with Crippen molar-refractivity contribution in [2.75, 3.05) is 0 Å². The van der Waals surface area contributed by atoms with Gasteiger partial charge in [0.15, 0.2) is 6.10 Å². The number of ether oxygens (including phenoxy) is 1. The van der Waals surface area contributed by atoms with Crippen LogP contribution in [0, 0.1) is 6.92 Å². The number of aromatic hydroxyl groups is 1. The van der Waals surface area contributed by atoms with Gasteiger partial charge in [0.1, 0.15) is 5.75 Å². The minimum Gasteiger partial charge on any atom is -0.508 e. The molecule has 0 radical (unpaired) electrons. The van der Waals surface area contributed by atoms with E-state index in [1.807, 2.05) is 31.2 Å². The van der Waals surface area contributed by atoms with Crippen molar-refractivity contribution < 1.29 is 19.1 Å². The normalized spacial score (nSPS) is 11.9. The second-order valence-electron chi connectivity index (χ2n) is 5.41. The molecule has 1 atom stereocenters. The van der Waals surface area contributed by atoms with Crippen LogP contribution >= 0.6 is 0 Å². The number of aromatic nitrogens is 2. The van der Waals surface area contributed by atoms with Crippen LogP contribution in [0.25, 0.3) is 11.5 Å². The Bertz CT molecular complexity index is 838. The molecule has 2 aromatic carbocycles. The van der Waals surface area contributed by atoms with Gasteiger partial charge in [-0.25, -0.2) is 4.79 Å². The maximum atomic E-state index is 12.1. The molecule has 0 amide bonds. The number of hydrogen-bond donors (Lipinski definition) is 1. The maximum Gasteiger partial charge on any atom is 0.338 e. The molecule has 3 aromatic rings. The van der Waals surface area contributed by atoms with Crippen molar-refractivity contribution in [3.8, 4) is 17.2 Å². The molecule has 1 aromatic heterocycles. The summed E-state index contributed by atoms with van der Waals surface area (Å²) in [5.41, 5.74) is 2.27. The molecule has 0 fully saturated rings. The summed E-state index contributed by atoms with van der Waals surface area (Å²) >= 11 is 0. The average Bonchev–Trinajstić information content (AvgIpc) is 3.06. The van der Waals surface area contributed by atoms with Crippen molar-refractivity contribution in [3.63, 3.8) is 0 Å². The highest BCUT2D eigenvalue weighted by atomic mass is 16.6. The summed E-state index contributed by atoms with van der Waals surface area (Å²) in [6.45, 7) is 3.65. The summed E-state index contributed by atoms with van der Waals surface area (Å²) in [6.07, 6.45) is -0.682. The van der Waals surface area contributed by atoms with E-state index in [0.29, 0.717) is 11.5 Å². The van der Waals surface area contributed by atoms with Gasteiger partial charge >= 0.3 is 5.97 Å². The molecule has 1 N–H and O–H groups in total. The standard InChI is InChI=1S/C18H16N2O4/c1-11-3-5-13(6-4-11)17-20-19-16(24-17)12(2)23-18(22)14-7-9-15(21)10-8-14/h3-10,12,21H,1-2H3/t12-/m0/s1. The van der Waals surface area contributed by atoms with Gasteiger partial charge in [-0.1, -0.05) is 17.7 Å². The van der Waals surface area contributed by atoms with Gasteiger partial charge in [-0.2, -0.15) is 0 Å². The van der Waals surface area contributed by atoms with Crippen LogP contribution in [-0.4, -0.2) is 21.3 Å². The second-order valence-corrected chi connectivity index (χ2v) is 5.41. The predicted molar refractivity (Wildman–Crippen MR) is 86.4 cm³/mol. The minimum absolute atomic E-state index is 0.0826. The van der Waals surface area contributed by atoms with Crippen molar-refractivity contribution in [2.24, 2.45) is 0 Å². The summed E-state index contributed by atoms with van der Waals surface area (Å²) in [5, 5.41) is 17.2. The molecule has 0 bridgehead atoms. The Kier molecular flexibility index (Phi) is 4.29. The lowest BCUT2D eigenvalue weighted by molar-refractivity contribution is 0.0280. The number of phenols is 1. The summed E-state index contributed by atoms with van der Waals surface area (Å²) in [6, 6.07) is 13.5. The zero-order valence-electron chi connectivity index (χ0n) is 13.3. The maximum absolute atomic E-state index is 12.1. The molecule has 0 spiro atoms. The molecule has 24 heavy (non-hydrogen) atoms. The topological polar surface area (TPSA) is 85.5 Å². The Labute approximate surface area is 138 Å². The summed E-state index contributed by atoms with van der Waals surface area (Å²) < 4.78 is 10.9.